The monoisotopic (exact) mass is 228 g/mol. The third kappa shape index (κ3) is 3.10. The quantitative estimate of drug-likeness (QED) is 0.782. The molecule has 0 radical (unpaired) electrons. The van der Waals surface area contributed by atoms with Gasteiger partial charge in [-0.1, -0.05) is 5.10 Å². The molecule has 2 heterocycles. The highest BCUT2D eigenvalue weighted by atomic mass is 32.2. The van der Waals surface area contributed by atoms with Crippen LogP contribution >= 0.6 is 11.8 Å². The summed E-state index contributed by atoms with van der Waals surface area (Å²) in [6.07, 6.45) is 1.29. The SMILES string of the molecule is CNCc1nnc(NCC2CCSC2)o1. The lowest BCUT2D eigenvalue weighted by molar-refractivity contribution is 0.485. The molecule has 0 aliphatic carbocycles. The zero-order valence-electron chi connectivity index (χ0n) is 8.82. The van der Waals surface area contributed by atoms with Crippen molar-refractivity contribution in [1.82, 2.24) is 15.5 Å². The van der Waals surface area contributed by atoms with Gasteiger partial charge in [-0.25, -0.2) is 0 Å². The third-order valence-electron chi connectivity index (χ3n) is 2.36. The van der Waals surface area contributed by atoms with Gasteiger partial charge in [-0.3, -0.25) is 0 Å². The van der Waals surface area contributed by atoms with Crippen molar-refractivity contribution >= 4 is 17.8 Å². The molecule has 0 amide bonds. The highest BCUT2D eigenvalue weighted by Gasteiger charge is 2.16. The molecule has 1 atom stereocenters. The van der Waals surface area contributed by atoms with Crippen molar-refractivity contribution in [1.29, 1.82) is 0 Å². The number of nitrogens with one attached hydrogen (secondary N) is 2. The predicted molar refractivity (Wildman–Crippen MR) is 61.0 cm³/mol. The number of nitrogens with zero attached hydrogens (tertiary/aromatic N) is 2. The van der Waals surface area contributed by atoms with Crippen LogP contribution in [0.4, 0.5) is 6.01 Å². The Morgan fingerprint density at radius 3 is 3.20 bits per heavy atom. The van der Waals surface area contributed by atoms with Gasteiger partial charge in [0.2, 0.25) is 5.89 Å². The molecule has 15 heavy (non-hydrogen) atoms. The molecule has 1 fully saturated rings. The highest BCUT2D eigenvalue weighted by molar-refractivity contribution is 7.99. The normalized spacial score (nSPS) is 20.7. The summed E-state index contributed by atoms with van der Waals surface area (Å²) in [6, 6.07) is 0.539. The molecule has 2 rings (SSSR count). The first-order valence-corrected chi connectivity index (χ1v) is 6.32. The fourth-order valence-corrected chi connectivity index (χ4v) is 2.81. The molecule has 1 aromatic heterocycles. The van der Waals surface area contributed by atoms with Crippen LogP contribution in [-0.2, 0) is 6.54 Å². The highest BCUT2D eigenvalue weighted by Crippen LogP contribution is 2.23. The second-order valence-corrected chi connectivity index (χ2v) is 4.79. The topological polar surface area (TPSA) is 63.0 Å². The number of thioether (sulfide) groups is 1. The van der Waals surface area contributed by atoms with Crippen LogP contribution in [0, 0.1) is 5.92 Å². The van der Waals surface area contributed by atoms with E-state index in [9.17, 15) is 0 Å². The van der Waals surface area contributed by atoms with Gasteiger partial charge in [-0.05, 0) is 30.9 Å². The van der Waals surface area contributed by atoms with Gasteiger partial charge in [0.1, 0.15) is 0 Å². The van der Waals surface area contributed by atoms with Gasteiger partial charge in [-0.15, -0.1) is 5.10 Å². The summed E-state index contributed by atoms with van der Waals surface area (Å²) in [7, 11) is 1.85. The number of hydrogen-bond acceptors (Lipinski definition) is 6. The van der Waals surface area contributed by atoms with E-state index in [2.05, 4.69) is 20.8 Å². The number of aromatic nitrogens is 2. The molecule has 1 aliphatic rings. The van der Waals surface area contributed by atoms with Crippen LogP contribution in [0.15, 0.2) is 4.42 Å². The first-order chi connectivity index (χ1) is 7.38. The van der Waals surface area contributed by atoms with E-state index >= 15 is 0 Å². The predicted octanol–water partition coefficient (Wildman–Crippen LogP) is 0.954. The van der Waals surface area contributed by atoms with E-state index < -0.39 is 0 Å². The molecule has 1 unspecified atom stereocenters. The van der Waals surface area contributed by atoms with E-state index in [1.807, 2.05) is 18.8 Å². The van der Waals surface area contributed by atoms with Crippen molar-refractivity contribution in [3.05, 3.63) is 5.89 Å². The van der Waals surface area contributed by atoms with E-state index in [0.717, 1.165) is 12.5 Å². The minimum atomic E-state index is 0.539. The summed E-state index contributed by atoms with van der Waals surface area (Å²) in [5.41, 5.74) is 0. The van der Waals surface area contributed by atoms with Gasteiger partial charge in [0, 0.05) is 6.54 Å². The third-order valence-corrected chi connectivity index (χ3v) is 3.59. The molecule has 0 spiro atoms. The molecule has 6 heteroatoms. The van der Waals surface area contributed by atoms with Crippen molar-refractivity contribution < 1.29 is 4.42 Å². The molecule has 2 N–H and O–H groups in total. The maximum absolute atomic E-state index is 5.38. The Morgan fingerprint density at radius 2 is 2.47 bits per heavy atom. The van der Waals surface area contributed by atoms with Crippen LogP contribution in [0.2, 0.25) is 0 Å². The minimum absolute atomic E-state index is 0.539. The first kappa shape index (κ1) is 10.8. The van der Waals surface area contributed by atoms with Crippen LogP contribution in [0.3, 0.4) is 0 Å². The second kappa shape index (κ2) is 5.37. The standard InChI is InChI=1S/C9H16N4OS/c1-10-5-8-12-13-9(14-8)11-4-7-2-3-15-6-7/h7,10H,2-6H2,1H3,(H,11,13). The van der Waals surface area contributed by atoms with Crippen molar-refractivity contribution in [3.8, 4) is 0 Å². The number of hydrogen-bond donors (Lipinski definition) is 2. The molecule has 1 saturated heterocycles. The lowest BCUT2D eigenvalue weighted by Gasteiger charge is -2.06. The summed E-state index contributed by atoms with van der Waals surface area (Å²) < 4.78 is 5.38. The van der Waals surface area contributed by atoms with Gasteiger partial charge < -0.3 is 15.1 Å². The molecular weight excluding hydrogens is 212 g/mol. The number of anilines is 1. The average Bonchev–Trinajstić information content (AvgIpc) is 2.85. The van der Waals surface area contributed by atoms with Gasteiger partial charge in [0.05, 0.1) is 6.54 Å². The van der Waals surface area contributed by atoms with Gasteiger partial charge in [0.25, 0.3) is 0 Å². The fourth-order valence-electron chi connectivity index (χ4n) is 1.52. The molecule has 0 aromatic carbocycles. The molecule has 1 aromatic rings. The lowest BCUT2D eigenvalue weighted by atomic mass is 10.1. The molecule has 0 bridgehead atoms. The molecule has 0 saturated carbocycles. The van der Waals surface area contributed by atoms with Crippen LogP contribution in [0.5, 0.6) is 0 Å². The molecule has 84 valence electrons. The van der Waals surface area contributed by atoms with E-state index in [0.29, 0.717) is 18.5 Å². The van der Waals surface area contributed by atoms with E-state index in [-0.39, 0.29) is 0 Å². The van der Waals surface area contributed by atoms with Crippen LogP contribution in [0.25, 0.3) is 0 Å². The van der Waals surface area contributed by atoms with E-state index in [1.165, 1.54) is 17.9 Å². The van der Waals surface area contributed by atoms with Gasteiger partial charge in [-0.2, -0.15) is 11.8 Å². The average molecular weight is 228 g/mol. The summed E-state index contributed by atoms with van der Waals surface area (Å²) in [6.45, 7) is 1.56. The maximum Gasteiger partial charge on any atom is 0.315 e. The fraction of sp³-hybridized carbons (Fsp3) is 0.778. The Morgan fingerprint density at radius 1 is 1.53 bits per heavy atom. The molecule has 1 aliphatic heterocycles. The summed E-state index contributed by atoms with van der Waals surface area (Å²) in [5.74, 6) is 3.89. The van der Waals surface area contributed by atoms with Crippen LogP contribution in [0.1, 0.15) is 12.3 Å². The molecule has 5 nitrogen and oxygen atoms in total. The number of rotatable bonds is 5. The Labute approximate surface area is 93.4 Å². The molecular formula is C9H16N4OS. The van der Waals surface area contributed by atoms with Gasteiger partial charge in [0.15, 0.2) is 0 Å². The van der Waals surface area contributed by atoms with Crippen molar-refractivity contribution in [2.45, 2.75) is 13.0 Å². The maximum atomic E-state index is 5.38. The van der Waals surface area contributed by atoms with Crippen LogP contribution in [-0.4, -0.2) is 35.3 Å². The van der Waals surface area contributed by atoms with Crippen molar-refractivity contribution in [2.24, 2.45) is 5.92 Å². The summed E-state index contributed by atoms with van der Waals surface area (Å²) in [4.78, 5) is 0. The minimum Gasteiger partial charge on any atom is -0.407 e. The Balaban J connectivity index is 1.77. The van der Waals surface area contributed by atoms with Gasteiger partial charge >= 0.3 is 6.01 Å². The Bertz CT molecular complexity index is 298. The summed E-state index contributed by atoms with van der Waals surface area (Å²) >= 11 is 2.01. The van der Waals surface area contributed by atoms with Crippen molar-refractivity contribution in [2.75, 3.05) is 30.4 Å². The zero-order chi connectivity index (χ0) is 10.5. The van der Waals surface area contributed by atoms with E-state index in [1.54, 1.807) is 0 Å². The van der Waals surface area contributed by atoms with Crippen molar-refractivity contribution in [3.63, 3.8) is 0 Å². The van der Waals surface area contributed by atoms with Crippen LogP contribution < -0.4 is 10.6 Å². The smallest absolute Gasteiger partial charge is 0.315 e. The summed E-state index contributed by atoms with van der Waals surface area (Å²) in [5, 5.41) is 14.0. The lowest BCUT2D eigenvalue weighted by Crippen LogP contribution is -2.13. The second-order valence-electron chi connectivity index (χ2n) is 3.64. The Kier molecular flexibility index (Phi) is 3.85. The largest absolute Gasteiger partial charge is 0.407 e. The van der Waals surface area contributed by atoms with E-state index in [4.69, 9.17) is 4.42 Å². The zero-order valence-corrected chi connectivity index (χ0v) is 9.64. The Hall–Kier alpha value is -0.750. The first-order valence-electron chi connectivity index (χ1n) is 5.17.